The maximum Gasteiger partial charge on any atom is 0.0952 e. The van der Waals surface area contributed by atoms with E-state index < -0.39 is 0 Å². The summed E-state index contributed by atoms with van der Waals surface area (Å²) in [5.74, 6) is 0. The molecule has 1 atom stereocenters. The van der Waals surface area contributed by atoms with Crippen molar-refractivity contribution >= 4 is 0 Å². The fraction of sp³-hybridized carbons (Fsp3) is 0.471. The predicted molar refractivity (Wildman–Crippen MR) is 81.7 cm³/mol. The fourth-order valence-electron chi connectivity index (χ4n) is 3.24. The molecule has 1 aliphatic carbocycles. The van der Waals surface area contributed by atoms with Crippen LogP contribution in [0.15, 0.2) is 24.5 Å². The molecule has 0 radical (unpaired) electrons. The van der Waals surface area contributed by atoms with Crippen LogP contribution in [0.1, 0.15) is 47.0 Å². The molecule has 0 amide bonds. The quantitative estimate of drug-likeness (QED) is 0.930. The minimum Gasteiger partial charge on any atom is -0.332 e. The van der Waals surface area contributed by atoms with Crippen molar-refractivity contribution in [2.24, 2.45) is 5.73 Å². The van der Waals surface area contributed by atoms with Crippen LogP contribution in [0.3, 0.4) is 0 Å². The zero-order chi connectivity index (χ0) is 14.1. The van der Waals surface area contributed by atoms with Gasteiger partial charge in [-0.2, -0.15) is 0 Å². The Morgan fingerprint density at radius 3 is 2.85 bits per heavy atom. The molecule has 2 N–H and O–H groups in total. The molecule has 0 aliphatic heterocycles. The summed E-state index contributed by atoms with van der Waals surface area (Å²) in [7, 11) is 0. The van der Waals surface area contributed by atoms with E-state index in [0.717, 1.165) is 19.4 Å². The lowest BCUT2D eigenvalue weighted by atomic mass is 9.98. The van der Waals surface area contributed by atoms with Crippen LogP contribution < -0.4 is 5.73 Å². The Kier molecular flexibility index (Phi) is 3.62. The molecule has 1 aromatic heterocycles. The first-order valence-corrected chi connectivity index (χ1v) is 7.51. The summed E-state index contributed by atoms with van der Waals surface area (Å²) in [5.41, 5.74) is 12.9. The highest BCUT2D eigenvalue weighted by Crippen LogP contribution is 2.23. The van der Waals surface area contributed by atoms with Crippen LogP contribution in [-0.4, -0.2) is 9.55 Å². The third-order valence-corrected chi connectivity index (χ3v) is 4.33. The highest BCUT2D eigenvalue weighted by atomic mass is 15.1. The predicted octanol–water partition coefficient (Wildman–Crippen LogP) is 3.08. The van der Waals surface area contributed by atoms with E-state index in [2.05, 4.69) is 41.6 Å². The summed E-state index contributed by atoms with van der Waals surface area (Å²) in [6.07, 6.45) is 6.79. The molecule has 0 spiro atoms. The van der Waals surface area contributed by atoms with Gasteiger partial charge < -0.3 is 10.3 Å². The first-order valence-electron chi connectivity index (χ1n) is 7.51. The van der Waals surface area contributed by atoms with Crippen LogP contribution in [0, 0.1) is 13.8 Å². The van der Waals surface area contributed by atoms with Crippen molar-refractivity contribution in [3.63, 3.8) is 0 Å². The van der Waals surface area contributed by atoms with Crippen molar-refractivity contribution in [1.82, 2.24) is 9.55 Å². The van der Waals surface area contributed by atoms with Gasteiger partial charge in [-0.1, -0.05) is 23.8 Å². The SMILES string of the molecule is Cc1ccc(C(N)Cn2cnc3c2CCCC3)c(C)c1. The normalized spacial score (nSPS) is 15.9. The molecule has 0 saturated heterocycles. The van der Waals surface area contributed by atoms with Crippen molar-refractivity contribution in [2.45, 2.75) is 52.1 Å². The second-order valence-corrected chi connectivity index (χ2v) is 5.96. The smallest absolute Gasteiger partial charge is 0.0952 e. The lowest BCUT2D eigenvalue weighted by molar-refractivity contribution is 0.539. The van der Waals surface area contributed by atoms with Gasteiger partial charge in [-0.05, 0) is 50.7 Å². The van der Waals surface area contributed by atoms with Gasteiger partial charge in [-0.15, -0.1) is 0 Å². The summed E-state index contributed by atoms with van der Waals surface area (Å²) in [6, 6.07) is 6.55. The van der Waals surface area contributed by atoms with E-state index in [4.69, 9.17) is 5.73 Å². The van der Waals surface area contributed by atoms with E-state index in [9.17, 15) is 0 Å². The molecule has 20 heavy (non-hydrogen) atoms. The molecule has 3 heteroatoms. The molecular weight excluding hydrogens is 246 g/mol. The number of benzene rings is 1. The van der Waals surface area contributed by atoms with Crippen LogP contribution in [0.2, 0.25) is 0 Å². The standard InChI is InChI=1S/C17H23N3/c1-12-7-8-14(13(2)9-12)15(18)10-20-11-19-16-5-3-4-6-17(16)20/h7-9,11,15H,3-6,10,18H2,1-2H3. The number of nitrogens with two attached hydrogens (primary N) is 1. The highest BCUT2D eigenvalue weighted by molar-refractivity contribution is 5.32. The average molecular weight is 269 g/mol. The van der Waals surface area contributed by atoms with E-state index >= 15 is 0 Å². The lowest BCUT2D eigenvalue weighted by Crippen LogP contribution is -2.20. The molecule has 106 valence electrons. The molecule has 1 unspecified atom stereocenters. The monoisotopic (exact) mass is 269 g/mol. The summed E-state index contributed by atoms with van der Waals surface area (Å²) >= 11 is 0. The maximum atomic E-state index is 6.42. The molecule has 3 nitrogen and oxygen atoms in total. The van der Waals surface area contributed by atoms with Gasteiger partial charge in [0.05, 0.1) is 12.0 Å². The van der Waals surface area contributed by atoms with Gasteiger partial charge >= 0.3 is 0 Å². The second kappa shape index (κ2) is 5.41. The van der Waals surface area contributed by atoms with Gasteiger partial charge in [0.15, 0.2) is 0 Å². The number of imidazole rings is 1. The molecule has 2 aromatic rings. The first-order chi connectivity index (χ1) is 9.65. The number of fused-ring (bicyclic) bond motifs is 1. The summed E-state index contributed by atoms with van der Waals surface area (Å²) in [6.45, 7) is 5.09. The number of aromatic nitrogens is 2. The van der Waals surface area contributed by atoms with Crippen molar-refractivity contribution in [2.75, 3.05) is 0 Å². The van der Waals surface area contributed by atoms with E-state index in [1.807, 2.05) is 6.33 Å². The second-order valence-electron chi connectivity index (χ2n) is 5.96. The fourth-order valence-corrected chi connectivity index (χ4v) is 3.24. The van der Waals surface area contributed by atoms with Crippen LogP contribution >= 0.6 is 0 Å². The van der Waals surface area contributed by atoms with Crippen molar-refractivity contribution < 1.29 is 0 Å². The van der Waals surface area contributed by atoms with Gasteiger partial charge in [0.25, 0.3) is 0 Å². The van der Waals surface area contributed by atoms with E-state index in [0.29, 0.717) is 0 Å². The highest BCUT2D eigenvalue weighted by Gasteiger charge is 2.17. The van der Waals surface area contributed by atoms with E-state index in [1.54, 1.807) is 0 Å². The number of nitrogens with zero attached hydrogens (tertiary/aromatic N) is 2. The Bertz CT molecular complexity index is 613. The van der Waals surface area contributed by atoms with Crippen molar-refractivity contribution in [3.05, 3.63) is 52.6 Å². The molecule has 3 rings (SSSR count). The lowest BCUT2D eigenvalue weighted by Gasteiger charge is -2.19. The number of aryl methyl sites for hydroxylation is 3. The van der Waals surface area contributed by atoms with Crippen LogP contribution in [0.5, 0.6) is 0 Å². The molecule has 1 aromatic carbocycles. The third kappa shape index (κ3) is 2.50. The van der Waals surface area contributed by atoms with Gasteiger partial charge in [0.1, 0.15) is 0 Å². The average Bonchev–Trinajstić information content (AvgIpc) is 2.82. The minimum absolute atomic E-state index is 0.0378. The summed E-state index contributed by atoms with van der Waals surface area (Å²) in [4.78, 5) is 4.55. The maximum absolute atomic E-state index is 6.42. The van der Waals surface area contributed by atoms with Gasteiger partial charge in [-0.25, -0.2) is 4.98 Å². The topological polar surface area (TPSA) is 43.8 Å². The Morgan fingerprint density at radius 2 is 2.05 bits per heavy atom. The van der Waals surface area contributed by atoms with Crippen LogP contribution in [0.25, 0.3) is 0 Å². The van der Waals surface area contributed by atoms with E-state index in [-0.39, 0.29) is 6.04 Å². The molecule has 0 saturated carbocycles. The molecule has 0 bridgehead atoms. The number of rotatable bonds is 3. The first kappa shape index (κ1) is 13.4. The third-order valence-electron chi connectivity index (χ3n) is 4.33. The van der Waals surface area contributed by atoms with E-state index in [1.165, 1.54) is 40.9 Å². The Labute approximate surface area is 120 Å². The zero-order valence-corrected chi connectivity index (χ0v) is 12.4. The Hall–Kier alpha value is -1.61. The number of hydrogen-bond acceptors (Lipinski definition) is 2. The van der Waals surface area contributed by atoms with Gasteiger partial charge in [0, 0.05) is 18.3 Å². The number of hydrogen-bond donors (Lipinski definition) is 1. The molecule has 1 heterocycles. The summed E-state index contributed by atoms with van der Waals surface area (Å²) in [5, 5.41) is 0. The van der Waals surface area contributed by atoms with Crippen LogP contribution in [-0.2, 0) is 19.4 Å². The molecular formula is C17H23N3. The molecule has 0 fully saturated rings. The van der Waals surface area contributed by atoms with Crippen LogP contribution in [0.4, 0.5) is 0 Å². The minimum atomic E-state index is 0.0378. The van der Waals surface area contributed by atoms with Gasteiger partial charge in [0.2, 0.25) is 0 Å². The summed E-state index contributed by atoms with van der Waals surface area (Å²) < 4.78 is 2.26. The Balaban J connectivity index is 1.82. The van der Waals surface area contributed by atoms with Crippen molar-refractivity contribution in [3.8, 4) is 0 Å². The molecule has 1 aliphatic rings. The van der Waals surface area contributed by atoms with Gasteiger partial charge in [-0.3, -0.25) is 0 Å². The Morgan fingerprint density at radius 1 is 1.25 bits per heavy atom. The zero-order valence-electron chi connectivity index (χ0n) is 12.4. The largest absolute Gasteiger partial charge is 0.332 e. The van der Waals surface area contributed by atoms with Crippen molar-refractivity contribution in [1.29, 1.82) is 0 Å².